The Hall–Kier alpha value is -2.67. The van der Waals surface area contributed by atoms with E-state index in [1.165, 1.54) is 16.9 Å². The highest BCUT2D eigenvalue weighted by molar-refractivity contribution is 7.19. The first-order valence-corrected chi connectivity index (χ1v) is 8.88. The molecule has 7 heteroatoms. The zero-order valence-electron chi connectivity index (χ0n) is 14.1. The lowest BCUT2D eigenvalue weighted by molar-refractivity contribution is 0.354. The quantitative estimate of drug-likeness (QED) is 0.559. The standard InChI is InChI=1S/C18H18N4O2S/c1-23-13-7-3-5-11(16(13)24-2)9-21-22-17-15-12-6-4-8-14(12)25-18(15)20-10-19-17/h3,5,7,9-10H,4,6,8H2,1-2H3,(H,19,20,22)/b21-9-. The summed E-state index contributed by atoms with van der Waals surface area (Å²) in [5.41, 5.74) is 5.27. The molecule has 0 radical (unpaired) electrons. The summed E-state index contributed by atoms with van der Waals surface area (Å²) in [6, 6.07) is 5.67. The molecule has 2 aromatic heterocycles. The Balaban J connectivity index is 1.64. The maximum Gasteiger partial charge on any atom is 0.169 e. The van der Waals surface area contributed by atoms with Gasteiger partial charge in [-0.15, -0.1) is 11.3 Å². The molecule has 1 aliphatic carbocycles. The molecule has 0 bridgehead atoms. The van der Waals surface area contributed by atoms with Gasteiger partial charge in [0, 0.05) is 10.4 Å². The Morgan fingerprint density at radius 2 is 2.12 bits per heavy atom. The van der Waals surface area contributed by atoms with Gasteiger partial charge in [0.25, 0.3) is 0 Å². The van der Waals surface area contributed by atoms with Crippen molar-refractivity contribution < 1.29 is 9.47 Å². The number of fused-ring (bicyclic) bond motifs is 3. The molecule has 0 spiro atoms. The molecule has 0 unspecified atom stereocenters. The summed E-state index contributed by atoms with van der Waals surface area (Å²) in [4.78, 5) is 11.2. The van der Waals surface area contributed by atoms with E-state index < -0.39 is 0 Å². The van der Waals surface area contributed by atoms with E-state index in [1.807, 2.05) is 18.2 Å². The van der Waals surface area contributed by atoms with Crippen molar-refractivity contribution in [2.45, 2.75) is 19.3 Å². The molecule has 3 aromatic rings. The smallest absolute Gasteiger partial charge is 0.169 e. The molecular formula is C18H18N4O2S. The van der Waals surface area contributed by atoms with Crippen LogP contribution in [0.15, 0.2) is 29.6 Å². The number of ether oxygens (including phenoxy) is 2. The van der Waals surface area contributed by atoms with E-state index in [0.29, 0.717) is 11.5 Å². The van der Waals surface area contributed by atoms with Gasteiger partial charge in [0.15, 0.2) is 17.3 Å². The van der Waals surface area contributed by atoms with Crippen molar-refractivity contribution in [3.8, 4) is 11.5 Å². The number of nitrogens with one attached hydrogen (secondary N) is 1. The average molecular weight is 354 g/mol. The minimum atomic E-state index is 0.653. The first kappa shape index (κ1) is 15.8. The van der Waals surface area contributed by atoms with Crippen molar-refractivity contribution in [3.63, 3.8) is 0 Å². The maximum absolute atomic E-state index is 5.42. The van der Waals surface area contributed by atoms with E-state index in [0.717, 1.165) is 34.4 Å². The van der Waals surface area contributed by atoms with E-state index in [2.05, 4.69) is 20.5 Å². The number of hydrazone groups is 1. The van der Waals surface area contributed by atoms with Gasteiger partial charge in [0.1, 0.15) is 11.2 Å². The number of hydrogen-bond acceptors (Lipinski definition) is 7. The third-order valence-electron chi connectivity index (χ3n) is 4.31. The number of aromatic nitrogens is 2. The van der Waals surface area contributed by atoms with Crippen molar-refractivity contribution in [2.24, 2.45) is 5.10 Å². The number of rotatable bonds is 5. The van der Waals surface area contributed by atoms with E-state index in [-0.39, 0.29) is 0 Å². The van der Waals surface area contributed by atoms with Gasteiger partial charge in [0.2, 0.25) is 0 Å². The average Bonchev–Trinajstić information content (AvgIpc) is 3.22. The van der Waals surface area contributed by atoms with Crippen molar-refractivity contribution in [2.75, 3.05) is 19.6 Å². The van der Waals surface area contributed by atoms with Crippen LogP contribution in [0.1, 0.15) is 22.4 Å². The largest absolute Gasteiger partial charge is 0.493 e. The molecule has 0 aliphatic heterocycles. The lowest BCUT2D eigenvalue weighted by atomic mass is 10.2. The SMILES string of the molecule is COc1cccc(/C=N\Nc2ncnc3sc4c(c23)CCC4)c1OC. The number of hydrogen-bond donors (Lipinski definition) is 1. The molecule has 2 heterocycles. The number of nitrogens with zero attached hydrogens (tertiary/aromatic N) is 3. The van der Waals surface area contributed by atoms with Crippen molar-refractivity contribution in [1.82, 2.24) is 9.97 Å². The Morgan fingerprint density at radius 3 is 2.96 bits per heavy atom. The summed E-state index contributed by atoms with van der Waals surface area (Å²) in [6.45, 7) is 0. The molecule has 1 N–H and O–H groups in total. The van der Waals surface area contributed by atoms with Crippen molar-refractivity contribution in [3.05, 3.63) is 40.5 Å². The predicted molar refractivity (Wildman–Crippen MR) is 100 cm³/mol. The molecule has 1 aromatic carbocycles. The first-order chi connectivity index (χ1) is 12.3. The molecule has 0 saturated carbocycles. The normalized spacial score (nSPS) is 13.4. The van der Waals surface area contributed by atoms with Crippen LogP contribution in [0.5, 0.6) is 11.5 Å². The first-order valence-electron chi connectivity index (χ1n) is 8.07. The summed E-state index contributed by atoms with van der Waals surface area (Å²) in [5, 5.41) is 5.46. The fourth-order valence-corrected chi connectivity index (χ4v) is 4.42. The zero-order valence-corrected chi connectivity index (χ0v) is 14.9. The monoisotopic (exact) mass is 354 g/mol. The van der Waals surface area contributed by atoms with Crippen LogP contribution < -0.4 is 14.9 Å². The third-order valence-corrected chi connectivity index (χ3v) is 5.51. The van der Waals surface area contributed by atoms with E-state index in [1.54, 1.807) is 38.1 Å². The number of methoxy groups -OCH3 is 2. The van der Waals surface area contributed by atoms with Crippen LogP contribution in [0.2, 0.25) is 0 Å². The summed E-state index contributed by atoms with van der Waals surface area (Å²) in [7, 11) is 3.23. The van der Waals surface area contributed by atoms with E-state index >= 15 is 0 Å². The minimum Gasteiger partial charge on any atom is -0.493 e. The van der Waals surface area contributed by atoms with Crippen LogP contribution in [0.25, 0.3) is 10.2 Å². The molecule has 0 saturated heterocycles. The van der Waals surface area contributed by atoms with Crippen LogP contribution in [0.4, 0.5) is 5.82 Å². The van der Waals surface area contributed by atoms with Gasteiger partial charge in [-0.3, -0.25) is 5.43 Å². The van der Waals surface area contributed by atoms with E-state index in [9.17, 15) is 0 Å². The second kappa shape index (κ2) is 6.68. The number of para-hydroxylation sites is 1. The molecule has 0 fully saturated rings. The zero-order chi connectivity index (χ0) is 17.2. The highest BCUT2D eigenvalue weighted by atomic mass is 32.1. The lowest BCUT2D eigenvalue weighted by Crippen LogP contribution is -1.98. The molecule has 0 amide bonds. The van der Waals surface area contributed by atoms with Gasteiger partial charge in [-0.05, 0) is 37.0 Å². The maximum atomic E-state index is 5.42. The molecule has 1 aliphatic rings. The van der Waals surface area contributed by atoms with Gasteiger partial charge in [-0.1, -0.05) is 6.07 Å². The highest BCUT2D eigenvalue weighted by Gasteiger charge is 2.21. The fraction of sp³-hybridized carbons (Fsp3) is 0.278. The molecule has 128 valence electrons. The van der Waals surface area contributed by atoms with Crippen LogP contribution >= 0.6 is 11.3 Å². The third kappa shape index (κ3) is 2.80. The second-order valence-corrected chi connectivity index (χ2v) is 6.80. The molecule has 25 heavy (non-hydrogen) atoms. The minimum absolute atomic E-state index is 0.653. The number of aryl methyl sites for hydroxylation is 2. The number of benzene rings is 1. The van der Waals surface area contributed by atoms with Crippen LogP contribution in [0, 0.1) is 0 Å². The fourth-order valence-electron chi connectivity index (χ4n) is 3.19. The Bertz CT molecular complexity index is 952. The Kier molecular flexibility index (Phi) is 4.23. The highest BCUT2D eigenvalue weighted by Crippen LogP contribution is 2.39. The predicted octanol–water partition coefficient (Wildman–Crippen LogP) is 3.64. The van der Waals surface area contributed by atoms with Gasteiger partial charge >= 0.3 is 0 Å². The summed E-state index contributed by atoms with van der Waals surface area (Å²) >= 11 is 1.76. The van der Waals surface area contributed by atoms with Crippen molar-refractivity contribution >= 4 is 33.6 Å². The van der Waals surface area contributed by atoms with Gasteiger partial charge < -0.3 is 9.47 Å². The van der Waals surface area contributed by atoms with Gasteiger partial charge in [0.05, 0.1) is 25.8 Å². The lowest BCUT2D eigenvalue weighted by Gasteiger charge is -2.09. The summed E-state index contributed by atoms with van der Waals surface area (Å²) < 4.78 is 10.7. The van der Waals surface area contributed by atoms with Crippen LogP contribution in [-0.4, -0.2) is 30.4 Å². The van der Waals surface area contributed by atoms with Crippen LogP contribution in [0.3, 0.4) is 0 Å². The molecular weight excluding hydrogens is 336 g/mol. The van der Waals surface area contributed by atoms with Crippen molar-refractivity contribution in [1.29, 1.82) is 0 Å². The summed E-state index contributed by atoms with van der Waals surface area (Å²) in [5.74, 6) is 2.08. The Labute approximate surface area is 149 Å². The molecule has 0 atom stereocenters. The number of thiophene rings is 1. The van der Waals surface area contributed by atoms with Gasteiger partial charge in [-0.2, -0.15) is 5.10 Å². The van der Waals surface area contributed by atoms with Gasteiger partial charge in [-0.25, -0.2) is 9.97 Å². The second-order valence-electron chi connectivity index (χ2n) is 5.71. The van der Waals surface area contributed by atoms with E-state index in [4.69, 9.17) is 9.47 Å². The number of anilines is 1. The molecule has 4 rings (SSSR count). The Morgan fingerprint density at radius 1 is 1.20 bits per heavy atom. The summed E-state index contributed by atoms with van der Waals surface area (Å²) in [6.07, 6.45) is 6.72. The molecule has 6 nitrogen and oxygen atoms in total. The topological polar surface area (TPSA) is 68.6 Å². The van der Waals surface area contributed by atoms with Crippen LogP contribution in [-0.2, 0) is 12.8 Å².